The third kappa shape index (κ3) is 3.95. The second-order valence-electron chi connectivity index (χ2n) is 5.05. The van der Waals surface area contributed by atoms with E-state index < -0.39 is 0 Å². The summed E-state index contributed by atoms with van der Waals surface area (Å²) in [4.78, 5) is 25.0. The highest BCUT2D eigenvalue weighted by molar-refractivity contribution is 7.13. The Hall–Kier alpha value is -1.67. The van der Waals surface area contributed by atoms with Gasteiger partial charge in [0.25, 0.3) is 0 Å². The molecule has 6 nitrogen and oxygen atoms in total. The second kappa shape index (κ2) is 7.55. The van der Waals surface area contributed by atoms with E-state index in [9.17, 15) is 4.79 Å². The maximum Gasteiger partial charge on any atom is 0.317 e. The number of carbonyl (C=O) groups is 1. The Morgan fingerprint density at radius 2 is 2.00 bits per heavy atom. The highest BCUT2D eigenvalue weighted by Crippen LogP contribution is 2.18. The number of hydrogen-bond acceptors (Lipinski definition) is 6. The minimum absolute atomic E-state index is 0.0255. The van der Waals surface area contributed by atoms with Crippen molar-refractivity contribution in [1.29, 1.82) is 0 Å². The second-order valence-corrected chi connectivity index (χ2v) is 6.90. The number of nitrogens with zero attached hydrogens (tertiary/aromatic N) is 4. The number of rotatable bonds is 4. The molecule has 1 fully saturated rings. The molecule has 2 aromatic heterocycles. The van der Waals surface area contributed by atoms with Crippen LogP contribution in [0.15, 0.2) is 23.2 Å². The average molecular weight is 337 g/mol. The Kier molecular flexibility index (Phi) is 5.23. The van der Waals surface area contributed by atoms with Crippen LogP contribution in [0.1, 0.15) is 11.4 Å². The zero-order valence-corrected chi connectivity index (χ0v) is 13.9. The summed E-state index contributed by atoms with van der Waals surface area (Å²) < 4.78 is 0. The lowest BCUT2D eigenvalue weighted by Crippen LogP contribution is -2.42. The number of hydrogen-bond donors (Lipinski definition) is 1. The van der Waals surface area contributed by atoms with Gasteiger partial charge in [-0.2, -0.15) is 0 Å². The summed E-state index contributed by atoms with van der Waals surface area (Å²) in [7, 11) is 0. The molecular weight excluding hydrogens is 318 g/mol. The monoisotopic (exact) mass is 337 g/mol. The molecule has 0 saturated carbocycles. The largest absolute Gasteiger partial charge is 0.346 e. The maximum absolute atomic E-state index is 12.2. The van der Waals surface area contributed by atoms with Crippen LogP contribution in [-0.4, -0.2) is 53.6 Å². The van der Waals surface area contributed by atoms with Gasteiger partial charge in [0.2, 0.25) is 0 Å². The Labute approximate surface area is 137 Å². The van der Waals surface area contributed by atoms with Crippen molar-refractivity contribution >= 4 is 33.8 Å². The molecule has 1 aliphatic heterocycles. The minimum atomic E-state index is 0.0255. The van der Waals surface area contributed by atoms with Crippen molar-refractivity contribution in [3.8, 4) is 0 Å². The maximum atomic E-state index is 12.2. The fourth-order valence-electron chi connectivity index (χ4n) is 2.45. The third-order valence-corrected chi connectivity index (χ3v) is 5.24. The van der Waals surface area contributed by atoms with Crippen LogP contribution in [0.5, 0.6) is 0 Å². The smallest absolute Gasteiger partial charge is 0.317 e. The SMILES string of the molecule is O=C(NCCc1nccs1)N1CCCN(c2nccs2)CC1. The molecule has 1 N–H and O–H groups in total. The van der Waals surface area contributed by atoms with Gasteiger partial charge in [0.1, 0.15) is 0 Å². The van der Waals surface area contributed by atoms with E-state index in [1.54, 1.807) is 28.9 Å². The Bertz CT molecular complexity index is 572. The van der Waals surface area contributed by atoms with E-state index in [-0.39, 0.29) is 6.03 Å². The normalized spacial score (nSPS) is 15.6. The standard InChI is InChI=1S/C14H19N5OS2/c20-13(16-3-2-12-15-4-10-21-12)18-6-1-7-19(9-8-18)14-17-5-11-22-14/h4-5,10-11H,1-3,6-9H2,(H,16,20). The van der Waals surface area contributed by atoms with Crippen molar-refractivity contribution in [2.75, 3.05) is 37.6 Å². The molecule has 1 saturated heterocycles. The van der Waals surface area contributed by atoms with Crippen molar-refractivity contribution in [3.05, 3.63) is 28.2 Å². The molecule has 0 aliphatic carbocycles. The molecule has 8 heteroatoms. The number of nitrogens with one attached hydrogen (secondary N) is 1. The van der Waals surface area contributed by atoms with Gasteiger partial charge in [-0.05, 0) is 6.42 Å². The Balaban J connectivity index is 1.45. The summed E-state index contributed by atoms with van der Waals surface area (Å²) in [6, 6.07) is 0.0255. The summed E-state index contributed by atoms with van der Waals surface area (Å²) in [5, 5.41) is 9.05. The fraction of sp³-hybridized carbons (Fsp3) is 0.500. The molecule has 118 valence electrons. The number of amides is 2. The van der Waals surface area contributed by atoms with Crippen molar-refractivity contribution < 1.29 is 4.79 Å². The average Bonchev–Trinajstić information content (AvgIpc) is 3.18. The zero-order valence-electron chi connectivity index (χ0n) is 12.3. The van der Waals surface area contributed by atoms with Gasteiger partial charge in [0.05, 0.1) is 5.01 Å². The van der Waals surface area contributed by atoms with Gasteiger partial charge in [-0.1, -0.05) is 0 Å². The van der Waals surface area contributed by atoms with Crippen LogP contribution in [0.2, 0.25) is 0 Å². The van der Waals surface area contributed by atoms with Crippen LogP contribution in [-0.2, 0) is 6.42 Å². The molecule has 0 unspecified atom stereocenters. The van der Waals surface area contributed by atoms with Gasteiger partial charge in [-0.25, -0.2) is 14.8 Å². The van der Waals surface area contributed by atoms with E-state index in [2.05, 4.69) is 20.2 Å². The quantitative estimate of drug-likeness (QED) is 0.928. The molecule has 0 radical (unpaired) electrons. The topological polar surface area (TPSA) is 61.4 Å². The van der Waals surface area contributed by atoms with Gasteiger partial charge in [-0.15, -0.1) is 22.7 Å². The van der Waals surface area contributed by atoms with Gasteiger partial charge in [0.15, 0.2) is 5.13 Å². The van der Waals surface area contributed by atoms with E-state index >= 15 is 0 Å². The highest BCUT2D eigenvalue weighted by atomic mass is 32.1. The lowest BCUT2D eigenvalue weighted by molar-refractivity contribution is 0.201. The van der Waals surface area contributed by atoms with Crippen molar-refractivity contribution in [2.45, 2.75) is 12.8 Å². The molecule has 3 rings (SSSR count). The predicted octanol–water partition coefficient (Wildman–Crippen LogP) is 2.06. The van der Waals surface area contributed by atoms with E-state index in [4.69, 9.17) is 0 Å². The molecule has 2 aromatic rings. The number of anilines is 1. The van der Waals surface area contributed by atoms with Crippen LogP contribution < -0.4 is 10.2 Å². The van der Waals surface area contributed by atoms with Gasteiger partial charge >= 0.3 is 6.03 Å². The van der Waals surface area contributed by atoms with Crippen LogP contribution in [0.25, 0.3) is 0 Å². The van der Waals surface area contributed by atoms with Crippen LogP contribution in [0, 0.1) is 0 Å². The zero-order chi connectivity index (χ0) is 15.2. The van der Waals surface area contributed by atoms with E-state index in [0.29, 0.717) is 6.54 Å². The number of carbonyl (C=O) groups excluding carboxylic acids is 1. The lowest BCUT2D eigenvalue weighted by Gasteiger charge is -2.22. The summed E-state index contributed by atoms with van der Waals surface area (Å²) in [6.45, 7) is 3.97. The van der Waals surface area contributed by atoms with E-state index in [1.807, 2.05) is 21.9 Å². The molecule has 0 spiro atoms. The molecule has 0 atom stereocenters. The summed E-state index contributed by atoms with van der Waals surface area (Å²) in [5.41, 5.74) is 0. The molecular formula is C14H19N5OS2. The van der Waals surface area contributed by atoms with Crippen molar-refractivity contribution in [3.63, 3.8) is 0 Å². The Morgan fingerprint density at radius 1 is 1.14 bits per heavy atom. The number of aromatic nitrogens is 2. The van der Waals surface area contributed by atoms with E-state index in [0.717, 1.165) is 49.2 Å². The lowest BCUT2D eigenvalue weighted by atomic mass is 10.4. The van der Waals surface area contributed by atoms with Crippen LogP contribution >= 0.6 is 22.7 Å². The molecule has 0 bridgehead atoms. The summed E-state index contributed by atoms with van der Waals surface area (Å²) >= 11 is 3.27. The van der Waals surface area contributed by atoms with Crippen LogP contribution in [0.3, 0.4) is 0 Å². The molecule has 2 amide bonds. The van der Waals surface area contributed by atoms with Crippen molar-refractivity contribution in [2.24, 2.45) is 0 Å². The molecule has 0 aromatic carbocycles. The highest BCUT2D eigenvalue weighted by Gasteiger charge is 2.19. The third-order valence-electron chi connectivity index (χ3n) is 3.57. The summed E-state index contributed by atoms with van der Waals surface area (Å²) in [6.07, 6.45) is 5.39. The fourth-order valence-corrected chi connectivity index (χ4v) is 3.77. The number of urea groups is 1. The molecule has 3 heterocycles. The molecule has 22 heavy (non-hydrogen) atoms. The summed E-state index contributed by atoms with van der Waals surface area (Å²) in [5.74, 6) is 0. The Morgan fingerprint density at radius 3 is 2.77 bits per heavy atom. The van der Waals surface area contributed by atoms with E-state index in [1.165, 1.54) is 0 Å². The molecule has 1 aliphatic rings. The minimum Gasteiger partial charge on any atom is -0.346 e. The predicted molar refractivity (Wildman–Crippen MR) is 89.7 cm³/mol. The van der Waals surface area contributed by atoms with Crippen molar-refractivity contribution in [1.82, 2.24) is 20.2 Å². The van der Waals surface area contributed by atoms with Gasteiger partial charge in [0, 0.05) is 62.3 Å². The first-order chi connectivity index (χ1) is 10.8. The van der Waals surface area contributed by atoms with Gasteiger partial charge in [-0.3, -0.25) is 0 Å². The number of thiazole rings is 2. The first kappa shape index (κ1) is 15.2. The first-order valence-corrected chi connectivity index (χ1v) is 9.14. The van der Waals surface area contributed by atoms with Crippen LogP contribution in [0.4, 0.5) is 9.93 Å². The first-order valence-electron chi connectivity index (χ1n) is 7.38. The van der Waals surface area contributed by atoms with Gasteiger partial charge < -0.3 is 15.1 Å².